The van der Waals surface area contributed by atoms with Crippen molar-refractivity contribution in [1.82, 2.24) is 5.32 Å². The van der Waals surface area contributed by atoms with Crippen molar-refractivity contribution in [3.8, 4) is 23.6 Å². The van der Waals surface area contributed by atoms with E-state index in [1.165, 1.54) is 0 Å². The molecule has 0 saturated carbocycles. The average Bonchev–Trinajstić information content (AvgIpc) is 2.53. The van der Waals surface area contributed by atoms with E-state index < -0.39 is 5.92 Å². The summed E-state index contributed by atoms with van der Waals surface area (Å²) in [6.07, 6.45) is 0. The van der Waals surface area contributed by atoms with Gasteiger partial charge in [0.1, 0.15) is 0 Å². The first-order chi connectivity index (χ1) is 11.0. The van der Waals surface area contributed by atoms with Gasteiger partial charge in [0.2, 0.25) is 0 Å². The van der Waals surface area contributed by atoms with E-state index in [2.05, 4.69) is 33.4 Å². The van der Waals surface area contributed by atoms with Gasteiger partial charge in [-0.15, -0.1) is 0 Å². The number of nitriles is 2. The fraction of sp³-hybridized carbons (Fsp3) is 0.294. The van der Waals surface area contributed by atoms with E-state index >= 15 is 0 Å². The third-order valence-corrected chi connectivity index (χ3v) is 4.38. The van der Waals surface area contributed by atoms with Gasteiger partial charge in [-0.25, -0.2) is 0 Å². The summed E-state index contributed by atoms with van der Waals surface area (Å²) in [5.74, 6) is 0.686. The zero-order chi connectivity index (χ0) is 17.1. The number of rotatable bonds is 3. The smallest absolute Gasteiger partial charge is 0.174 e. The predicted octanol–water partition coefficient (Wildman–Crippen LogP) is 3.75. The van der Waals surface area contributed by atoms with Gasteiger partial charge in [0, 0.05) is 11.4 Å². The van der Waals surface area contributed by atoms with Crippen LogP contribution in [0.2, 0.25) is 0 Å². The van der Waals surface area contributed by atoms with Crippen LogP contribution in [0.3, 0.4) is 0 Å². The second kappa shape index (κ2) is 6.76. The maximum atomic E-state index is 9.54. The maximum absolute atomic E-state index is 9.54. The lowest BCUT2D eigenvalue weighted by molar-refractivity contribution is 0.352. The van der Waals surface area contributed by atoms with Crippen LogP contribution in [0, 0.1) is 22.7 Å². The number of nitrogens with zero attached hydrogens (tertiary/aromatic N) is 2. The van der Waals surface area contributed by atoms with Gasteiger partial charge in [0.25, 0.3) is 0 Å². The molecule has 0 atom stereocenters. The minimum atomic E-state index is -0.428. The van der Waals surface area contributed by atoms with Crippen LogP contribution in [0.25, 0.3) is 0 Å². The first kappa shape index (κ1) is 16.9. The van der Waals surface area contributed by atoms with Crippen molar-refractivity contribution in [2.75, 3.05) is 14.2 Å². The molecule has 23 heavy (non-hydrogen) atoms. The summed E-state index contributed by atoms with van der Waals surface area (Å²) in [5.41, 5.74) is 3.33. The molecule has 0 amide bonds. The van der Waals surface area contributed by atoms with Gasteiger partial charge in [-0.1, -0.05) is 0 Å². The molecule has 0 radical (unpaired) electrons. The Balaban J connectivity index is 2.72. The van der Waals surface area contributed by atoms with Crippen LogP contribution >= 0.6 is 15.9 Å². The lowest BCUT2D eigenvalue weighted by Gasteiger charge is -2.27. The Morgan fingerprint density at radius 2 is 1.61 bits per heavy atom. The number of dihydropyridines is 1. The van der Waals surface area contributed by atoms with Crippen molar-refractivity contribution in [2.24, 2.45) is 0 Å². The van der Waals surface area contributed by atoms with E-state index in [4.69, 9.17) is 9.47 Å². The molecule has 0 saturated heterocycles. The van der Waals surface area contributed by atoms with Gasteiger partial charge >= 0.3 is 0 Å². The lowest BCUT2D eigenvalue weighted by Crippen LogP contribution is -2.23. The molecule has 0 aliphatic carbocycles. The van der Waals surface area contributed by atoms with E-state index in [-0.39, 0.29) is 0 Å². The van der Waals surface area contributed by atoms with E-state index in [0.717, 1.165) is 17.0 Å². The van der Waals surface area contributed by atoms with Crippen molar-refractivity contribution in [3.05, 3.63) is 44.7 Å². The second-order valence-electron chi connectivity index (χ2n) is 5.10. The second-order valence-corrected chi connectivity index (χ2v) is 5.95. The summed E-state index contributed by atoms with van der Waals surface area (Å²) in [6, 6.07) is 8.09. The van der Waals surface area contributed by atoms with Crippen LogP contribution in [0.5, 0.6) is 11.5 Å². The molecule has 0 aromatic heterocycles. The van der Waals surface area contributed by atoms with Crippen molar-refractivity contribution >= 4 is 15.9 Å². The molecule has 1 aliphatic heterocycles. The molecule has 1 aliphatic rings. The van der Waals surface area contributed by atoms with Gasteiger partial charge in [-0.05, 0) is 47.5 Å². The first-order valence-electron chi connectivity index (χ1n) is 6.88. The molecule has 1 N–H and O–H groups in total. The highest BCUT2D eigenvalue weighted by Crippen LogP contribution is 2.43. The quantitative estimate of drug-likeness (QED) is 0.872. The molecule has 6 heteroatoms. The Kier molecular flexibility index (Phi) is 4.98. The molecule has 118 valence electrons. The summed E-state index contributed by atoms with van der Waals surface area (Å²) in [5, 5.41) is 22.2. The lowest BCUT2D eigenvalue weighted by atomic mass is 9.81. The fourth-order valence-electron chi connectivity index (χ4n) is 2.73. The third kappa shape index (κ3) is 2.91. The number of nitrogens with one attached hydrogen (secondary N) is 1. The number of halogens is 1. The van der Waals surface area contributed by atoms with Gasteiger partial charge in [0.15, 0.2) is 11.5 Å². The highest BCUT2D eigenvalue weighted by atomic mass is 79.9. The molecule has 5 nitrogen and oxygen atoms in total. The summed E-state index contributed by atoms with van der Waals surface area (Å²) in [6.45, 7) is 3.66. The summed E-state index contributed by atoms with van der Waals surface area (Å²) in [4.78, 5) is 0. The van der Waals surface area contributed by atoms with E-state index in [0.29, 0.717) is 27.1 Å². The number of ether oxygens (including phenoxy) is 2. The Bertz CT molecular complexity index is 761. The molecule has 1 aromatic rings. The number of benzene rings is 1. The van der Waals surface area contributed by atoms with Gasteiger partial charge < -0.3 is 14.8 Å². The SMILES string of the molecule is COc1cc(C2C(C#N)=C(C)NC(C)=C2C#N)cc(Br)c1OC. The first-order valence-corrected chi connectivity index (χ1v) is 7.67. The molecular weight excluding hydrogens is 358 g/mol. The minimum Gasteiger partial charge on any atom is -0.493 e. The van der Waals surface area contributed by atoms with Crippen LogP contribution in [0.4, 0.5) is 0 Å². The van der Waals surface area contributed by atoms with E-state index in [9.17, 15) is 10.5 Å². The van der Waals surface area contributed by atoms with Crippen molar-refractivity contribution in [1.29, 1.82) is 10.5 Å². The highest BCUT2D eigenvalue weighted by molar-refractivity contribution is 9.10. The maximum Gasteiger partial charge on any atom is 0.174 e. The van der Waals surface area contributed by atoms with Crippen molar-refractivity contribution < 1.29 is 9.47 Å². The summed E-state index contributed by atoms with van der Waals surface area (Å²) in [7, 11) is 3.11. The number of hydrogen-bond donors (Lipinski definition) is 1. The predicted molar refractivity (Wildman–Crippen MR) is 89.7 cm³/mol. The van der Waals surface area contributed by atoms with Gasteiger partial charge in [0.05, 0.1) is 47.9 Å². The fourth-order valence-corrected chi connectivity index (χ4v) is 3.35. The van der Waals surface area contributed by atoms with E-state index in [1.54, 1.807) is 20.3 Å². The topological polar surface area (TPSA) is 78.1 Å². The molecule has 0 bridgehead atoms. The largest absolute Gasteiger partial charge is 0.493 e. The molecule has 1 aromatic carbocycles. The molecule has 0 unspecified atom stereocenters. The average molecular weight is 374 g/mol. The number of hydrogen-bond acceptors (Lipinski definition) is 5. The highest BCUT2D eigenvalue weighted by Gasteiger charge is 2.30. The van der Waals surface area contributed by atoms with E-state index in [1.807, 2.05) is 19.9 Å². The van der Waals surface area contributed by atoms with Crippen LogP contribution in [-0.2, 0) is 0 Å². The molecule has 2 rings (SSSR count). The Labute approximate surface area is 143 Å². The number of methoxy groups -OCH3 is 2. The molecule has 0 spiro atoms. The molecule has 1 heterocycles. The molecule has 0 fully saturated rings. The summed E-state index contributed by atoms with van der Waals surface area (Å²) >= 11 is 3.46. The Hall–Kier alpha value is -2.44. The van der Waals surface area contributed by atoms with Crippen molar-refractivity contribution in [2.45, 2.75) is 19.8 Å². The minimum absolute atomic E-state index is 0.428. The Morgan fingerprint density at radius 3 is 2.04 bits per heavy atom. The van der Waals surface area contributed by atoms with Crippen LogP contribution in [-0.4, -0.2) is 14.2 Å². The Morgan fingerprint density at radius 1 is 1.04 bits per heavy atom. The number of allylic oxidation sites excluding steroid dienone is 4. The standard InChI is InChI=1S/C17H16BrN3O2/c1-9-12(7-19)16(13(8-20)10(2)21-9)11-5-14(18)17(23-4)15(6-11)22-3/h5-6,16,21H,1-4H3. The zero-order valence-electron chi connectivity index (χ0n) is 13.3. The monoisotopic (exact) mass is 373 g/mol. The molecular formula is C17H16BrN3O2. The summed E-state index contributed by atoms with van der Waals surface area (Å²) < 4.78 is 11.4. The normalized spacial score (nSPS) is 14.9. The van der Waals surface area contributed by atoms with Crippen molar-refractivity contribution in [3.63, 3.8) is 0 Å². The van der Waals surface area contributed by atoms with Crippen LogP contribution in [0.15, 0.2) is 39.1 Å². The van der Waals surface area contributed by atoms with Crippen LogP contribution < -0.4 is 14.8 Å². The van der Waals surface area contributed by atoms with Gasteiger partial charge in [-0.2, -0.15) is 10.5 Å². The third-order valence-electron chi connectivity index (χ3n) is 3.79. The van der Waals surface area contributed by atoms with Crippen LogP contribution in [0.1, 0.15) is 25.3 Å². The van der Waals surface area contributed by atoms with Gasteiger partial charge in [-0.3, -0.25) is 0 Å². The zero-order valence-corrected chi connectivity index (χ0v) is 14.9.